The predicted molar refractivity (Wildman–Crippen MR) is 109 cm³/mol. The van der Waals surface area contributed by atoms with E-state index in [1.807, 2.05) is 18.2 Å². The Morgan fingerprint density at radius 1 is 1.13 bits per heavy atom. The van der Waals surface area contributed by atoms with E-state index in [0.717, 1.165) is 11.3 Å². The van der Waals surface area contributed by atoms with Gasteiger partial charge in [0.25, 0.3) is 0 Å². The third kappa shape index (κ3) is 3.12. The molecule has 0 saturated heterocycles. The fourth-order valence-corrected chi connectivity index (χ4v) is 4.45. The zero-order valence-electron chi connectivity index (χ0n) is 16.2. The molecule has 1 amide bonds. The molecule has 1 aromatic heterocycles. The largest absolute Gasteiger partial charge is 0.508 e. The maximum absolute atomic E-state index is 12.8. The second kappa shape index (κ2) is 7.02. The summed E-state index contributed by atoms with van der Waals surface area (Å²) in [4.78, 5) is 29.2. The van der Waals surface area contributed by atoms with Crippen molar-refractivity contribution in [3.05, 3.63) is 72.2 Å². The molecule has 7 heteroatoms. The van der Waals surface area contributed by atoms with E-state index in [1.165, 1.54) is 0 Å². The van der Waals surface area contributed by atoms with Gasteiger partial charge in [0.05, 0.1) is 11.8 Å². The standard InChI is InChI=1S/C23H21N3O4/c27-17-7-5-16(6-8-17)26-13-20(24-14-26)25-21(28)15-9-11-23(12-10-15)19-4-2-1-3-18(19)22(29)30-23/h1-8,13-15,27H,9-12H2,(H,25,28)/t15-,23-. The number of fused-ring (bicyclic) bond motifs is 2. The quantitative estimate of drug-likeness (QED) is 0.650. The number of carbonyl (C=O) groups is 2. The molecule has 2 aliphatic rings. The van der Waals surface area contributed by atoms with Crippen LogP contribution in [0.15, 0.2) is 61.1 Å². The first-order valence-electron chi connectivity index (χ1n) is 10.0. The van der Waals surface area contributed by atoms with Gasteiger partial charge in [-0.3, -0.25) is 4.79 Å². The number of hydrogen-bond acceptors (Lipinski definition) is 5. The van der Waals surface area contributed by atoms with Crippen LogP contribution < -0.4 is 5.32 Å². The molecule has 152 valence electrons. The van der Waals surface area contributed by atoms with E-state index in [2.05, 4.69) is 10.3 Å². The Morgan fingerprint density at radius 2 is 1.87 bits per heavy atom. The molecule has 1 fully saturated rings. The average molecular weight is 403 g/mol. The number of hydrogen-bond donors (Lipinski definition) is 2. The van der Waals surface area contributed by atoms with Crippen molar-refractivity contribution in [2.75, 3.05) is 5.32 Å². The Bertz CT molecular complexity index is 1110. The molecule has 1 aliphatic heterocycles. The molecule has 0 radical (unpaired) electrons. The maximum atomic E-state index is 12.8. The number of esters is 1. The van der Waals surface area contributed by atoms with Gasteiger partial charge >= 0.3 is 5.97 Å². The van der Waals surface area contributed by atoms with Crippen LogP contribution in [-0.2, 0) is 15.1 Å². The smallest absolute Gasteiger partial charge is 0.339 e. The van der Waals surface area contributed by atoms with Gasteiger partial charge in [-0.15, -0.1) is 0 Å². The second-order valence-electron chi connectivity index (χ2n) is 7.88. The normalized spacial score (nSPS) is 22.5. The van der Waals surface area contributed by atoms with Crippen LogP contribution >= 0.6 is 0 Å². The van der Waals surface area contributed by atoms with Gasteiger partial charge in [-0.05, 0) is 56.0 Å². The van der Waals surface area contributed by atoms with Crippen molar-refractivity contribution in [3.8, 4) is 11.4 Å². The van der Waals surface area contributed by atoms with Gasteiger partial charge in [-0.2, -0.15) is 0 Å². The first-order valence-corrected chi connectivity index (χ1v) is 10.0. The summed E-state index contributed by atoms with van der Waals surface area (Å²) in [6.45, 7) is 0. The van der Waals surface area contributed by atoms with E-state index in [-0.39, 0.29) is 23.5 Å². The number of carbonyl (C=O) groups excluding carboxylic acids is 2. The number of rotatable bonds is 3. The van der Waals surface area contributed by atoms with E-state index < -0.39 is 5.60 Å². The summed E-state index contributed by atoms with van der Waals surface area (Å²) in [6, 6.07) is 14.3. The van der Waals surface area contributed by atoms with Crippen molar-refractivity contribution in [1.29, 1.82) is 0 Å². The summed E-state index contributed by atoms with van der Waals surface area (Å²) in [5.41, 5.74) is 1.83. The molecular formula is C23H21N3O4. The highest BCUT2D eigenvalue weighted by Crippen LogP contribution is 2.48. The van der Waals surface area contributed by atoms with Gasteiger partial charge in [0, 0.05) is 17.2 Å². The van der Waals surface area contributed by atoms with Crippen LogP contribution in [0, 0.1) is 5.92 Å². The number of phenolic OH excluding ortho intramolecular Hbond substituents is 1. The molecule has 1 spiro atoms. The van der Waals surface area contributed by atoms with E-state index >= 15 is 0 Å². The lowest BCUT2D eigenvalue weighted by atomic mass is 9.74. The van der Waals surface area contributed by atoms with Crippen molar-refractivity contribution >= 4 is 17.7 Å². The average Bonchev–Trinajstić information content (AvgIpc) is 3.33. The van der Waals surface area contributed by atoms with Crippen molar-refractivity contribution in [1.82, 2.24) is 9.55 Å². The zero-order valence-corrected chi connectivity index (χ0v) is 16.2. The third-order valence-electron chi connectivity index (χ3n) is 6.07. The lowest BCUT2D eigenvalue weighted by Crippen LogP contribution is -2.36. The molecule has 2 aromatic carbocycles. The summed E-state index contributed by atoms with van der Waals surface area (Å²) in [6.07, 6.45) is 5.92. The van der Waals surface area contributed by atoms with Gasteiger partial charge in [-0.25, -0.2) is 9.78 Å². The van der Waals surface area contributed by atoms with Gasteiger partial charge in [0.15, 0.2) is 5.82 Å². The number of nitrogens with one attached hydrogen (secondary N) is 1. The van der Waals surface area contributed by atoms with Gasteiger partial charge in [0.1, 0.15) is 17.7 Å². The van der Waals surface area contributed by atoms with Crippen LogP contribution in [-0.4, -0.2) is 26.5 Å². The highest BCUT2D eigenvalue weighted by atomic mass is 16.6. The number of ether oxygens (including phenoxy) is 1. The maximum Gasteiger partial charge on any atom is 0.339 e. The lowest BCUT2D eigenvalue weighted by molar-refractivity contribution is -0.122. The molecule has 0 bridgehead atoms. The minimum absolute atomic E-state index is 0.0709. The molecule has 1 saturated carbocycles. The minimum Gasteiger partial charge on any atom is -0.508 e. The summed E-state index contributed by atoms with van der Waals surface area (Å²) in [5.74, 6) is 0.177. The molecular weight excluding hydrogens is 382 g/mol. The van der Waals surface area contributed by atoms with Crippen LogP contribution in [0.3, 0.4) is 0 Å². The first-order chi connectivity index (χ1) is 14.5. The number of aromatic nitrogens is 2. The lowest BCUT2D eigenvalue weighted by Gasteiger charge is -2.35. The fourth-order valence-electron chi connectivity index (χ4n) is 4.45. The van der Waals surface area contributed by atoms with Crippen LogP contribution in [0.4, 0.5) is 5.82 Å². The Morgan fingerprint density at radius 3 is 2.63 bits per heavy atom. The highest BCUT2D eigenvalue weighted by molar-refractivity contribution is 5.95. The monoisotopic (exact) mass is 403 g/mol. The first kappa shape index (κ1) is 18.4. The van der Waals surface area contributed by atoms with Crippen LogP contribution in [0.25, 0.3) is 5.69 Å². The molecule has 3 aromatic rings. The van der Waals surface area contributed by atoms with Crippen molar-refractivity contribution in [3.63, 3.8) is 0 Å². The highest BCUT2D eigenvalue weighted by Gasteiger charge is 2.48. The zero-order chi connectivity index (χ0) is 20.7. The van der Waals surface area contributed by atoms with Crippen molar-refractivity contribution in [2.24, 2.45) is 5.92 Å². The minimum atomic E-state index is -0.592. The van der Waals surface area contributed by atoms with Crippen molar-refractivity contribution < 1.29 is 19.4 Å². The van der Waals surface area contributed by atoms with E-state index in [0.29, 0.717) is 37.1 Å². The number of imidazole rings is 1. The number of anilines is 1. The molecule has 1 aliphatic carbocycles. The molecule has 2 N–H and O–H groups in total. The Balaban J connectivity index is 1.24. The Labute approximate surface area is 173 Å². The molecule has 30 heavy (non-hydrogen) atoms. The Kier molecular flexibility index (Phi) is 4.31. The number of amides is 1. The number of nitrogens with zero attached hydrogens (tertiary/aromatic N) is 2. The molecule has 0 unspecified atom stereocenters. The fraction of sp³-hybridized carbons (Fsp3) is 0.261. The summed E-state index contributed by atoms with van der Waals surface area (Å²) >= 11 is 0. The van der Waals surface area contributed by atoms with Crippen LogP contribution in [0.5, 0.6) is 5.75 Å². The molecule has 2 heterocycles. The Hall–Kier alpha value is -3.61. The van der Waals surface area contributed by atoms with E-state index in [4.69, 9.17) is 4.74 Å². The predicted octanol–water partition coefficient (Wildman–Crippen LogP) is 3.77. The van der Waals surface area contributed by atoms with Gasteiger partial charge < -0.3 is 19.7 Å². The molecule has 0 atom stereocenters. The van der Waals surface area contributed by atoms with Crippen molar-refractivity contribution in [2.45, 2.75) is 31.3 Å². The van der Waals surface area contributed by atoms with Crippen LogP contribution in [0.2, 0.25) is 0 Å². The second-order valence-corrected chi connectivity index (χ2v) is 7.88. The summed E-state index contributed by atoms with van der Waals surface area (Å²) in [5, 5.41) is 12.3. The summed E-state index contributed by atoms with van der Waals surface area (Å²) < 4.78 is 7.54. The third-order valence-corrected chi connectivity index (χ3v) is 6.07. The topological polar surface area (TPSA) is 93.5 Å². The number of aromatic hydroxyl groups is 1. The van der Waals surface area contributed by atoms with E-state index in [1.54, 1.807) is 47.4 Å². The summed E-state index contributed by atoms with van der Waals surface area (Å²) in [7, 11) is 0. The molecule has 7 nitrogen and oxygen atoms in total. The number of phenols is 1. The SMILES string of the molecule is O=C1O[C@]2(CC[C@H](C(=O)Nc3cn(-c4ccc(O)cc4)cn3)CC2)c2ccccc21. The van der Waals surface area contributed by atoms with Crippen LogP contribution in [0.1, 0.15) is 41.6 Å². The number of benzene rings is 2. The molecule has 5 rings (SSSR count). The van der Waals surface area contributed by atoms with Gasteiger partial charge in [0.2, 0.25) is 5.91 Å². The van der Waals surface area contributed by atoms with Gasteiger partial charge in [-0.1, -0.05) is 18.2 Å². The van der Waals surface area contributed by atoms with E-state index in [9.17, 15) is 14.7 Å².